The SMILES string of the molecule is COC(=O)NC(CCOCC(F)(F)F)C(=O)O. The molecule has 0 aromatic carbocycles. The molecule has 1 unspecified atom stereocenters. The van der Waals surface area contributed by atoms with Gasteiger partial charge in [0.25, 0.3) is 0 Å². The van der Waals surface area contributed by atoms with Crippen LogP contribution in [0.2, 0.25) is 0 Å². The highest BCUT2D eigenvalue weighted by molar-refractivity contribution is 5.79. The molecule has 2 N–H and O–H groups in total. The van der Waals surface area contributed by atoms with Crippen molar-refractivity contribution >= 4 is 12.1 Å². The number of carbonyl (C=O) groups excluding carboxylic acids is 1. The summed E-state index contributed by atoms with van der Waals surface area (Å²) in [7, 11) is 1.04. The third-order valence-corrected chi connectivity index (χ3v) is 1.59. The van der Waals surface area contributed by atoms with Crippen molar-refractivity contribution in [3.63, 3.8) is 0 Å². The van der Waals surface area contributed by atoms with E-state index in [1.807, 2.05) is 5.32 Å². The molecule has 6 nitrogen and oxygen atoms in total. The molecular weight excluding hydrogens is 247 g/mol. The number of alkyl carbamates (subject to hydrolysis) is 1. The van der Waals surface area contributed by atoms with E-state index in [0.29, 0.717) is 0 Å². The number of amides is 1. The van der Waals surface area contributed by atoms with Crippen LogP contribution < -0.4 is 5.32 Å². The van der Waals surface area contributed by atoms with E-state index in [0.717, 1.165) is 7.11 Å². The zero-order valence-corrected chi connectivity index (χ0v) is 8.91. The van der Waals surface area contributed by atoms with Gasteiger partial charge in [-0.15, -0.1) is 0 Å². The second-order valence-electron chi connectivity index (χ2n) is 2.98. The van der Waals surface area contributed by atoms with Crippen LogP contribution in [0.5, 0.6) is 0 Å². The van der Waals surface area contributed by atoms with Gasteiger partial charge in [-0.1, -0.05) is 0 Å². The Bertz CT molecular complexity index is 268. The van der Waals surface area contributed by atoms with Crippen LogP contribution >= 0.6 is 0 Å². The van der Waals surface area contributed by atoms with E-state index in [4.69, 9.17) is 5.11 Å². The Kier molecular flexibility index (Phi) is 6.33. The van der Waals surface area contributed by atoms with E-state index in [1.54, 1.807) is 0 Å². The monoisotopic (exact) mass is 259 g/mol. The lowest BCUT2D eigenvalue weighted by Gasteiger charge is -2.14. The van der Waals surface area contributed by atoms with Crippen LogP contribution in [0.3, 0.4) is 0 Å². The van der Waals surface area contributed by atoms with Crippen LogP contribution in [0.1, 0.15) is 6.42 Å². The van der Waals surface area contributed by atoms with Gasteiger partial charge in [0.05, 0.1) is 7.11 Å². The van der Waals surface area contributed by atoms with Gasteiger partial charge < -0.3 is 19.9 Å². The quantitative estimate of drug-likeness (QED) is 0.688. The number of halogens is 3. The van der Waals surface area contributed by atoms with Crippen molar-refractivity contribution in [2.75, 3.05) is 20.3 Å². The summed E-state index contributed by atoms with van der Waals surface area (Å²) < 4.78 is 43.4. The molecule has 0 radical (unpaired) electrons. The molecule has 0 rings (SSSR count). The number of alkyl halides is 3. The van der Waals surface area contributed by atoms with Crippen molar-refractivity contribution in [2.24, 2.45) is 0 Å². The zero-order valence-electron chi connectivity index (χ0n) is 8.91. The third kappa shape index (κ3) is 8.31. The Balaban J connectivity index is 3.94. The predicted molar refractivity (Wildman–Crippen MR) is 48.5 cm³/mol. The van der Waals surface area contributed by atoms with E-state index in [2.05, 4.69) is 9.47 Å². The second-order valence-corrected chi connectivity index (χ2v) is 2.98. The van der Waals surface area contributed by atoms with E-state index >= 15 is 0 Å². The standard InChI is InChI=1S/C8H12F3NO5/c1-16-7(15)12-5(6(13)14)2-3-17-4-8(9,10)11/h5H,2-4H2,1H3,(H,12,15)(H,13,14). The smallest absolute Gasteiger partial charge is 0.411 e. The summed E-state index contributed by atoms with van der Waals surface area (Å²) in [5.41, 5.74) is 0. The van der Waals surface area contributed by atoms with Crippen molar-refractivity contribution in [2.45, 2.75) is 18.6 Å². The minimum Gasteiger partial charge on any atom is -0.480 e. The van der Waals surface area contributed by atoms with E-state index in [1.165, 1.54) is 0 Å². The molecule has 0 fully saturated rings. The Labute approximate surface area is 94.7 Å². The molecule has 0 aromatic heterocycles. The van der Waals surface area contributed by atoms with Gasteiger partial charge in [0.2, 0.25) is 0 Å². The van der Waals surface area contributed by atoms with Gasteiger partial charge in [-0.25, -0.2) is 9.59 Å². The van der Waals surface area contributed by atoms with Crippen molar-refractivity contribution in [3.8, 4) is 0 Å². The van der Waals surface area contributed by atoms with Gasteiger partial charge in [-0.2, -0.15) is 13.2 Å². The Hall–Kier alpha value is -1.51. The molecule has 100 valence electrons. The number of carbonyl (C=O) groups is 2. The minimum absolute atomic E-state index is 0.291. The van der Waals surface area contributed by atoms with E-state index in [-0.39, 0.29) is 6.42 Å². The van der Waals surface area contributed by atoms with Gasteiger partial charge in [-0.3, -0.25) is 0 Å². The molecule has 1 amide bonds. The van der Waals surface area contributed by atoms with Crippen LogP contribution in [0.25, 0.3) is 0 Å². The number of rotatable bonds is 6. The van der Waals surface area contributed by atoms with Crippen LogP contribution in [-0.2, 0) is 14.3 Å². The summed E-state index contributed by atoms with van der Waals surface area (Å²) in [6.07, 6.45) is -5.73. The number of nitrogens with one attached hydrogen (secondary N) is 1. The summed E-state index contributed by atoms with van der Waals surface area (Å²) in [6.45, 7) is -1.90. The molecule has 1 atom stereocenters. The Morgan fingerprint density at radius 3 is 2.41 bits per heavy atom. The van der Waals surface area contributed by atoms with Gasteiger partial charge in [0.15, 0.2) is 0 Å². The number of carboxylic acid groups (broad SMARTS) is 1. The molecule has 0 saturated carbocycles. The first-order valence-electron chi connectivity index (χ1n) is 4.48. The van der Waals surface area contributed by atoms with E-state index < -0.39 is 37.5 Å². The highest BCUT2D eigenvalue weighted by Gasteiger charge is 2.28. The van der Waals surface area contributed by atoms with Crippen molar-refractivity contribution in [1.82, 2.24) is 5.32 Å². The Morgan fingerprint density at radius 2 is 2.00 bits per heavy atom. The normalized spacial score (nSPS) is 12.9. The minimum atomic E-state index is -4.46. The number of hydrogen-bond donors (Lipinski definition) is 2. The molecule has 0 spiro atoms. The second kappa shape index (κ2) is 6.94. The van der Waals surface area contributed by atoms with Crippen LogP contribution in [0, 0.1) is 0 Å². The highest BCUT2D eigenvalue weighted by atomic mass is 19.4. The first kappa shape index (κ1) is 15.5. The van der Waals surface area contributed by atoms with Gasteiger partial charge in [0.1, 0.15) is 12.6 Å². The predicted octanol–water partition coefficient (Wildman–Crippen LogP) is 0.765. The molecule has 0 aliphatic rings. The number of hydrogen-bond acceptors (Lipinski definition) is 4. The third-order valence-electron chi connectivity index (χ3n) is 1.59. The molecule has 0 aliphatic heterocycles. The number of aliphatic carboxylic acids is 1. The zero-order chi connectivity index (χ0) is 13.5. The lowest BCUT2D eigenvalue weighted by molar-refractivity contribution is -0.174. The van der Waals surface area contributed by atoms with Crippen molar-refractivity contribution in [3.05, 3.63) is 0 Å². The fourth-order valence-corrected chi connectivity index (χ4v) is 0.848. The average molecular weight is 259 g/mol. The molecule has 0 aromatic rings. The first-order chi connectivity index (χ1) is 7.76. The van der Waals surface area contributed by atoms with E-state index in [9.17, 15) is 22.8 Å². The molecule has 17 heavy (non-hydrogen) atoms. The summed E-state index contributed by atoms with van der Waals surface area (Å²) in [5.74, 6) is -1.38. The fourth-order valence-electron chi connectivity index (χ4n) is 0.848. The van der Waals surface area contributed by atoms with Crippen molar-refractivity contribution < 1.29 is 37.3 Å². The lowest BCUT2D eigenvalue weighted by Crippen LogP contribution is -2.41. The molecule has 9 heteroatoms. The van der Waals surface area contributed by atoms with Gasteiger partial charge >= 0.3 is 18.2 Å². The lowest BCUT2D eigenvalue weighted by atomic mass is 10.2. The van der Waals surface area contributed by atoms with Crippen LogP contribution in [0.4, 0.5) is 18.0 Å². The largest absolute Gasteiger partial charge is 0.480 e. The fraction of sp³-hybridized carbons (Fsp3) is 0.750. The summed E-state index contributed by atoms with van der Waals surface area (Å²) in [4.78, 5) is 21.3. The number of ether oxygens (including phenoxy) is 2. The average Bonchev–Trinajstić information content (AvgIpc) is 2.20. The summed E-state index contributed by atoms with van der Waals surface area (Å²) in [6, 6.07) is -1.35. The first-order valence-corrected chi connectivity index (χ1v) is 4.48. The molecule has 0 aliphatic carbocycles. The molecule has 0 bridgehead atoms. The molecule has 0 heterocycles. The maximum absolute atomic E-state index is 11.7. The summed E-state index contributed by atoms with van der Waals surface area (Å²) >= 11 is 0. The van der Waals surface area contributed by atoms with Crippen molar-refractivity contribution in [1.29, 1.82) is 0 Å². The van der Waals surface area contributed by atoms with Gasteiger partial charge in [0, 0.05) is 13.0 Å². The van der Waals surface area contributed by atoms with Crippen LogP contribution in [0.15, 0.2) is 0 Å². The van der Waals surface area contributed by atoms with Crippen LogP contribution in [-0.4, -0.2) is 49.7 Å². The number of carboxylic acids is 1. The molecular formula is C8H12F3NO5. The number of methoxy groups -OCH3 is 1. The highest BCUT2D eigenvalue weighted by Crippen LogP contribution is 2.14. The van der Waals surface area contributed by atoms with Gasteiger partial charge in [-0.05, 0) is 0 Å². The maximum Gasteiger partial charge on any atom is 0.411 e. The molecule has 0 saturated heterocycles. The Morgan fingerprint density at radius 1 is 1.41 bits per heavy atom. The maximum atomic E-state index is 11.7. The topological polar surface area (TPSA) is 84.9 Å². The summed E-state index contributed by atoms with van der Waals surface area (Å²) in [5, 5.41) is 10.6.